The monoisotopic (exact) mass is 459 g/mol. The van der Waals surface area contributed by atoms with Gasteiger partial charge < -0.3 is 20.6 Å². The summed E-state index contributed by atoms with van der Waals surface area (Å²) in [5.41, 5.74) is 1.85. The average Bonchev–Trinajstić information content (AvgIpc) is 3.41. The molecule has 0 saturated heterocycles. The van der Waals surface area contributed by atoms with Crippen molar-refractivity contribution in [3.8, 4) is 0 Å². The second kappa shape index (κ2) is 7.81. The number of carbonyl (C=O) groups is 2. The molecular formula is C23H33N5O3S. The molecule has 0 spiro atoms. The lowest BCUT2D eigenvalue weighted by atomic mass is 10.0. The van der Waals surface area contributed by atoms with E-state index in [0.717, 1.165) is 29.7 Å². The predicted octanol–water partition coefficient (Wildman–Crippen LogP) is 3.07. The molecule has 32 heavy (non-hydrogen) atoms. The first-order chi connectivity index (χ1) is 15.0. The summed E-state index contributed by atoms with van der Waals surface area (Å²) in [4.78, 5) is 28.0. The van der Waals surface area contributed by atoms with Gasteiger partial charge in [0.15, 0.2) is 5.82 Å². The molecular weight excluding hydrogens is 426 g/mol. The third kappa shape index (κ3) is 3.67. The summed E-state index contributed by atoms with van der Waals surface area (Å²) in [7, 11) is -1.05. The minimum absolute atomic E-state index is 0.0272. The Morgan fingerprint density at radius 3 is 2.44 bits per heavy atom. The first-order valence-corrected chi connectivity index (χ1v) is 13.7. The SMILES string of the molecule is CC1(C)c2[nH]nc(NC(=O)C3(S(C)(C)C)CC3)c2CN1C(=O)NC(CO)c1ccccc1. The normalized spacial score (nSPS) is 19.8. The van der Waals surface area contributed by atoms with Gasteiger partial charge in [-0.15, -0.1) is 0 Å². The van der Waals surface area contributed by atoms with E-state index in [4.69, 9.17) is 0 Å². The quantitative estimate of drug-likeness (QED) is 0.532. The summed E-state index contributed by atoms with van der Waals surface area (Å²) in [5.74, 6) is 0.532. The van der Waals surface area contributed by atoms with Crippen LogP contribution in [0.1, 0.15) is 49.6 Å². The number of nitrogens with zero attached hydrogens (tertiary/aromatic N) is 2. The van der Waals surface area contributed by atoms with Gasteiger partial charge in [0, 0.05) is 5.56 Å². The molecule has 9 heteroatoms. The number of amides is 3. The molecule has 2 heterocycles. The number of hydrogen-bond donors (Lipinski definition) is 4. The minimum atomic E-state index is -1.05. The van der Waals surface area contributed by atoms with Gasteiger partial charge >= 0.3 is 6.03 Å². The van der Waals surface area contributed by atoms with Crippen LogP contribution < -0.4 is 10.6 Å². The number of urea groups is 1. The van der Waals surface area contributed by atoms with E-state index in [1.807, 2.05) is 44.2 Å². The molecule has 2 aromatic rings. The molecule has 1 aliphatic heterocycles. The van der Waals surface area contributed by atoms with Gasteiger partial charge in [0.1, 0.15) is 0 Å². The van der Waals surface area contributed by atoms with E-state index in [9.17, 15) is 14.7 Å². The Labute approximate surface area is 190 Å². The molecule has 2 aliphatic rings. The number of benzene rings is 1. The van der Waals surface area contributed by atoms with Crippen LogP contribution in [0.5, 0.6) is 0 Å². The number of aromatic nitrogens is 2. The second-order valence-electron chi connectivity index (χ2n) is 9.95. The minimum Gasteiger partial charge on any atom is -0.394 e. The van der Waals surface area contributed by atoms with E-state index >= 15 is 0 Å². The largest absolute Gasteiger partial charge is 0.394 e. The number of hydrogen-bond acceptors (Lipinski definition) is 4. The molecule has 174 valence electrons. The van der Waals surface area contributed by atoms with E-state index in [0.29, 0.717) is 12.4 Å². The van der Waals surface area contributed by atoms with Crippen LogP contribution in [-0.4, -0.2) is 62.3 Å². The van der Waals surface area contributed by atoms with Crippen LogP contribution in [0.15, 0.2) is 30.3 Å². The molecule has 4 N–H and O–H groups in total. The number of nitrogens with one attached hydrogen (secondary N) is 3. The van der Waals surface area contributed by atoms with Crippen molar-refractivity contribution >= 4 is 27.8 Å². The number of fused-ring (bicyclic) bond motifs is 1. The number of rotatable bonds is 6. The van der Waals surface area contributed by atoms with E-state index in [2.05, 4.69) is 39.6 Å². The van der Waals surface area contributed by atoms with Gasteiger partial charge in [-0.05, 0) is 51.0 Å². The van der Waals surface area contributed by atoms with Gasteiger partial charge in [-0.2, -0.15) is 5.10 Å². The predicted molar refractivity (Wildman–Crippen MR) is 128 cm³/mol. The van der Waals surface area contributed by atoms with Crippen LogP contribution in [-0.2, 0) is 16.9 Å². The van der Waals surface area contributed by atoms with E-state index in [-0.39, 0.29) is 23.3 Å². The summed E-state index contributed by atoms with van der Waals surface area (Å²) in [6.45, 7) is 4.01. The number of aliphatic hydroxyl groups excluding tert-OH is 1. The summed E-state index contributed by atoms with van der Waals surface area (Å²) in [5, 5.41) is 23.2. The molecule has 1 fully saturated rings. The highest BCUT2D eigenvalue weighted by Gasteiger charge is 2.56. The van der Waals surface area contributed by atoms with E-state index < -0.39 is 21.6 Å². The highest BCUT2D eigenvalue weighted by molar-refractivity contribution is 8.34. The lowest BCUT2D eigenvalue weighted by Crippen LogP contribution is -2.47. The fraction of sp³-hybridized carbons (Fsp3) is 0.522. The number of aromatic amines is 1. The third-order valence-corrected chi connectivity index (χ3v) is 9.86. The lowest BCUT2D eigenvalue weighted by Gasteiger charge is -2.35. The average molecular weight is 460 g/mol. The fourth-order valence-electron chi connectivity index (χ4n) is 4.54. The van der Waals surface area contributed by atoms with Crippen molar-refractivity contribution in [1.29, 1.82) is 0 Å². The molecule has 0 radical (unpaired) electrons. The highest BCUT2D eigenvalue weighted by atomic mass is 32.3. The zero-order valence-corrected chi connectivity index (χ0v) is 20.2. The Bertz CT molecular complexity index is 1020. The second-order valence-corrected chi connectivity index (χ2v) is 14.4. The van der Waals surface area contributed by atoms with Gasteiger partial charge in [-0.1, -0.05) is 30.3 Å². The molecule has 4 rings (SSSR count). The summed E-state index contributed by atoms with van der Waals surface area (Å²) in [6.07, 6.45) is 8.34. The summed E-state index contributed by atoms with van der Waals surface area (Å²) >= 11 is 0. The van der Waals surface area contributed by atoms with Crippen LogP contribution in [0.4, 0.5) is 10.6 Å². The topological polar surface area (TPSA) is 110 Å². The van der Waals surface area contributed by atoms with Crippen LogP contribution in [0.25, 0.3) is 0 Å². The van der Waals surface area contributed by atoms with Crippen molar-refractivity contribution in [2.24, 2.45) is 0 Å². The molecule has 3 amide bonds. The lowest BCUT2D eigenvalue weighted by molar-refractivity contribution is -0.116. The number of carbonyl (C=O) groups excluding carboxylic acids is 2. The van der Waals surface area contributed by atoms with Crippen LogP contribution >= 0.6 is 10.0 Å². The number of H-pyrrole nitrogens is 1. The third-order valence-electron chi connectivity index (χ3n) is 6.92. The van der Waals surface area contributed by atoms with E-state index in [1.165, 1.54) is 0 Å². The van der Waals surface area contributed by atoms with Gasteiger partial charge in [-0.3, -0.25) is 9.89 Å². The van der Waals surface area contributed by atoms with Crippen molar-refractivity contribution in [2.45, 2.75) is 49.6 Å². The Morgan fingerprint density at radius 1 is 1.22 bits per heavy atom. The smallest absolute Gasteiger partial charge is 0.319 e. The van der Waals surface area contributed by atoms with Gasteiger partial charge in [0.25, 0.3) is 0 Å². The molecule has 1 atom stereocenters. The first kappa shape index (κ1) is 22.7. The summed E-state index contributed by atoms with van der Waals surface area (Å²) < 4.78 is -0.284. The number of aliphatic hydroxyl groups is 1. The standard InChI is InChI=1S/C23H33N5O3S/c1-22(2)18-16(19(27-26-18)25-20(30)23(11-12-23)32(3,4)5)13-28(22)21(31)24-17(14-29)15-9-7-6-8-10-15/h6-10,17,29H,11-14H2,1-5H3,(H,24,31)(H2,25,26,27,30). The van der Waals surface area contributed by atoms with Crippen molar-refractivity contribution < 1.29 is 14.7 Å². The Hall–Kier alpha value is -2.52. The maximum absolute atomic E-state index is 13.2. The summed E-state index contributed by atoms with van der Waals surface area (Å²) in [6, 6.07) is 8.62. The van der Waals surface area contributed by atoms with Gasteiger partial charge in [0.2, 0.25) is 5.91 Å². The maximum atomic E-state index is 13.2. The zero-order valence-electron chi connectivity index (χ0n) is 19.4. The van der Waals surface area contributed by atoms with Crippen molar-refractivity contribution in [3.05, 3.63) is 47.2 Å². The highest BCUT2D eigenvalue weighted by Crippen LogP contribution is 2.64. The Morgan fingerprint density at radius 2 is 1.88 bits per heavy atom. The molecule has 0 bridgehead atoms. The van der Waals surface area contributed by atoms with Crippen molar-refractivity contribution in [3.63, 3.8) is 0 Å². The first-order valence-electron chi connectivity index (χ1n) is 10.8. The molecule has 8 nitrogen and oxygen atoms in total. The van der Waals surface area contributed by atoms with Crippen LogP contribution in [0.3, 0.4) is 0 Å². The Kier molecular flexibility index (Phi) is 5.53. The molecule has 1 unspecified atom stereocenters. The molecule has 1 aromatic heterocycles. The van der Waals surface area contributed by atoms with Crippen molar-refractivity contribution in [2.75, 3.05) is 30.7 Å². The van der Waals surface area contributed by atoms with E-state index in [1.54, 1.807) is 4.90 Å². The zero-order chi connectivity index (χ0) is 23.3. The van der Waals surface area contributed by atoms with Crippen molar-refractivity contribution in [1.82, 2.24) is 20.4 Å². The molecule has 1 aliphatic carbocycles. The maximum Gasteiger partial charge on any atom is 0.319 e. The van der Waals surface area contributed by atoms with Crippen LogP contribution in [0.2, 0.25) is 0 Å². The Balaban J connectivity index is 1.51. The number of anilines is 1. The van der Waals surface area contributed by atoms with Gasteiger partial charge in [-0.25, -0.2) is 14.8 Å². The molecule has 1 saturated carbocycles. The fourth-order valence-corrected chi connectivity index (χ4v) is 6.48. The molecule has 1 aromatic carbocycles. The van der Waals surface area contributed by atoms with Gasteiger partial charge in [0.05, 0.1) is 35.2 Å². The van der Waals surface area contributed by atoms with Crippen LogP contribution in [0, 0.1) is 0 Å².